The number of ether oxygens (including phenoxy) is 2. The maximum atomic E-state index is 12.1. The molecule has 1 aromatic rings. The van der Waals surface area contributed by atoms with E-state index in [1.807, 2.05) is 20.8 Å². The molecule has 0 aliphatic heterocycles. The van der Waals surface area contributed by atoms with Gasteiger partial charge in [0.25, 0.3) is 0 Å². The lowest BCUT2D eigenvalue weighted by molar-refractivity contribution is -0.274. The van der Waals surface area contributed by atoms with Crippen molar-refractivity contribution >= 4 is 11.6 Å². The highest BCUT2D eigenvalue weighted by molar-refractivity contribution is 6.30. The molecule has 0 aliphatic rings. The molecule has 2 nitrogen and oxygen atoms in total. The van der Waals surface area contributed by atoms with Crippen LogP contribution in [0.15, 0.2) is 18.2 Å². The smallest absolute Gasteiger partial charge is 0.493 e. The molecular formula is C12H14ClF3O2. The molecule has 0 aromatic heterocycles. The van der Waals surface area contributed by atoms with Crippen LogP contribution >= 0.6 is 11.6 Å². The number of benzene rings is 1. The average molecular weight is 283 g/mol. The van der Waals surface area contributed by atoms with Gasteiger partial charge < -0.3 is 9.47 Å². The average Bonchev–Trinajstić information content (AvgIpc) is 2.09. The molecule has 0 radical (unpaired) electrons. The van der Waals surface area contributed by atoms with Gasteiger partial charge in [0, 0.05) is 11.1 Å². The second-order valence-electron chi connectivity index (χ2n) is 5.02. The minimum Gasteiger partial charge on any atom is -0.493 e. The zero-order valence-electron chi connectivity index (χ0n) is 10.3. The van der Waals surface area contributed by atoms with Crippen LogP contribution in [-0.4, -0.2) is 13.0 Å². The second kappa shape index (κ2) is 5.26. The van der Waals surface area contributed by atoms with Crippen molar-refractivity contribution in [2.24, 2.45) is 5.41 Å². The molecule has 6 heteroatoms. The first-order valence-electron chi connectivity index (χ1n) is 5.24. The molecule has 0 amide bonds. The molecule has 0 saturated heterocycles. The summed E-state index contributed by atoms with van der Waals surface area (Å²) in [4.78, 5) is 0. The van der Waals surface area contributed by atoms with Crippen LogP contribution in [0.3, 0.4) is 0 Å². The van der Waals surface area contributed by atoms with Crippen LogP contribution in [-0.2, 0) is 0 Å². The molecule has 0 aliphatic carbocycles. The molecule has 0 bridgehead atoms. The Bertz CT molecular complexity index is 411. The van der Waals surface area contributed by atoms with Gasteiger partial charge in [0.15, 0.2) is 0 Å². The van der Waals surface area contributed by atoms with Gasteiger partial charge in [-0.3, -0.25) is 0 Å². The third kappa shape index (κ3) is 6.00. The minimum absolute atomic E-state index is 0.104. The monoisotopic (exact) mass is 282 g/mol. The second-order valence-corrected chi connectivity index (χ2v) is 5.46. The lowest BCUT2D eigenvalue weighted by atomic mass is 9.99. The van der Waals surface area contributed by atoms with Gasteiger partial charge in [0.2, 0.25) is 0 Å². The highest BCUT2D eigenvalue weighted by atomic mass is 35.5. The lowest BCUT2D eigenvalue weighted by Gasteiger charge is -2.19. The maximum Gasteiger partial charge on any atom is 0.573 e. The number of hydrogen-bond acceptors (Lipinski definition) is 2. The first-order valence-corrected chi connectivity index (χ1v) is 5.62. The zero-order valence-corrected chi connectivity index (χ0v) is 11.0. The predicted molar refractivity (Wildman–Crippen MR) is 63.1 cm³/mol. The van der Waals surface area contributed by atoms with Crippen molar-refractivity contribution < 1.29 is 22.6 Å². The van der Waals surface area contributed by atoms with Crippen molar-refractivity contribution in [1.82, 2.24) is 0 Å². The molecule has 0 fully saturated rings. The van der Waals surface area contributed by atoms with Gasteiger partial charge in [0.05, 0.1) is 6.61 Å². The summed E-state index contributed by atoms with van der Waals surface area (Å²) in [6, 6.07) is 3.68. The number of alkyl halides is 3. The SMILES string of the molecule is CC(C)(C)COc1cc(Cl)cc(OC(F)(F)F)c1. The first kappa shape index (κ1) is 15.0. The summed E-state index contributed by atoms with van der Waals surface area (Å²) in [6.45, 7) is 6.21. The van der Waals surface area contributed by atoms with Crippen LogP contribution in [0.25, 0.3) is 0 Å². The molecule has 18 heavy (non-hydrogen) atoms. The highest BCUT2D eigenvalue weighted by Gasteiger charge is 2.31. The van der Waals surface area contributed by atoms with Gasteiger partial charge in [0.1, 0.15) is 11.5 Å². The molecule has 1 aromatic carbocycles. The van der Waals surface area contributed by atoms with Gasteiger partial charge in [-0.15, -0.1) is 13.2 Å². The van der Waals surface area contributed by atoms with Crippen molar-refractivity contribution in [3.63, 3.8) is 0 Å². The number of halogens is 4. The summed E-state index contributed by atoms with van der Waals surface area (Å²) in [6.07, 6.45) is -4.74. The fraction of sp³-hybridized carbons (Fsp3) is 0.500. The van der Waals surface area contributed by atoms with E-state index >= 15 is 0 Å². The molecule has 0 heterocycles. The summed E-state index contributed by atoms with van der Waals surface area (Å²) in [5, 5.41) is 0.126. The third-order valence-electron chi connectivity index (χ3n) is 1.75. The molecule has 0 spiro atoms. The Kier molecular flexibility index (Phi) is 4.37. The number of hydrogen-bond donors (Lipinski definition) is 0. The predicted octanol–water partition coefficient (Wildman–Crippen LogP) is 4.66. The Morgan fingerprint density at radius 1 is 1.06 bits per heavy atom. The van der Waals surface area contributed by atoms with E-state index in [2.05, 4.69) is 4.74 Å². The van der Waals surface area contributed by atoms with Gasteiger partial charge in [-0.25, -0.2) is 0 Å². The molecule has 102 valence electrons. The fourth-order valence-electron chi connectivity index (χ4n) is 1.11. The van der Waals surface area contributed by atoms with E-state index in [0.717, 1.165) is 12.1 Å². The largest absolute Gasteiger partial charge is 0.573 e. The Hall–Kier alpha value is -1.10. The quantitative estimate of drug-likeness (QED) is 0.802. The van der Waals surface area contributed by atoms with E-state index < -0.39 is 6.36 Å². The fourth-order valence-corrected chi connectivity index (χ4v) is 1.33. The Morgan fingerprint density at radius 2 is 1.61 bits per heavy atom. The van der Waals surface area contributed by atoms with Gasteiger partial charge in [-0.05, 0) is 17.5 Å². The van der Waals surface area contributed by atoms with Crippen LogP contribution in [0.2, 0.25) is 5.02 Å². The summed E-state index contributed by atoms with van der Waals surface area (Å²) >= 11 is 5.70. The Labute approximate surface area is 109 Å². The van der Waals surface area contributed by atoms with E-state index in [4.69, 9.17) is 16.3 Å². The van der Waals surface area contributed by atoms with Crippen LogP contribution < -0.4 is 9.47 Å². The molecular weight excluding hydrogens is 269 g/mol. The van der Waals surface area contributed by atoms with E-state index in [9.17, 15) is 13.2 Å². The summed E-state index contributed by atoms with van der Waals surface area (Å²) < 4.78 is 45.4. The van der Waals surface area contributed by atoms with Crippen molar-refractivity contribution in [2.45, 2.75) is 27.1 Å². The molecule has 0 unspecified atom stereocenters. The van der Waals surface area contributed by atoms with Gasteiger partial charge in [-0.1, -0.05) is 32.4 Å². The normalized spacial score (nSPS) is 12.4. The minimum atomic E-state index is -4.74. The highest BCUT2D eigenvalue weighted by Crippen LogP contribution is 2.30. The van der Waals surface area contributed by atoms with Gasteiger partial charge in [-0.2, -0.15) is 0 Å². The van der Waals surface area contributed by atoms with Crippen molar-refractivity contribution in [3.8, 4) is 11.5 Å². The van der Waals surface area contributed by atoms with Crippen molar-refractivity contribution in [3.05, 3.63) is 23.2 Å². The number of rotatable bonds is 3. The van der Waals surface area contributed by atoms with E-state index in [0.29, 0.717) is 6.61 Å². The van der Waals surface area contributed by atoms with Gasteiger partial charge >= 0.3 is 6.36 Å². The lowest BCUT2D eigenvalue weighted by Crippen LogP contribution is -2.18. The Balaban J connectivity index is 2.81. The third-order valence-corrected chi connectivity index (χ3v) is 1.97. The maximum absolute atomic E-state index is 12.1. The Morgan fingerprint density at radius 3 is 2.11 bits per heavy atom. The standard InChI is InChI=1S/C12H14ClF3O2/c1-11(2,3)7-17-9-4-8(13)5-10(6-9)18-12(14,15)16/h4-6H,7H2,1-3H3. The summed E-state index contributed by atoms with van der Waals surface area (Å²) in [5.41, 5.74) is -0.104. The van der Waals surface area contributed by atoms with Crippen LogP contribution in [0.1, 0.15) is 20.8 Å². The summed E-state index contributed by atoms with van der Waals surface area (Å²) in [7, 11) is 0. The zero-order chi connectivity index (χ0) is 14.0. The molecule has 0 saturated carbocycles. The van der Waals surface area contributed by atoms with E-state index in [-0.39, 0.29) is 21.9 Å². The molecule has 0 N–H and O–H groups in total. The van der Waals surface area contributed by atoms with Crippen LogP contribution in [0, 0.1) is 5.41 Å². The molecule has 1 rings (SSSR count). The summed E-state index contributed by atoms with van der Waals surface area (Å²) in [5.74, 6) is -0.143. The van der Waals surface area contributed by atoms with Crippen molar-refractivity contribution in [2.75, 3.05) is 6.61 Å². The van der Waals surface area contributed by atoms with Crippen molar-refractivity contribution in [1.29, 1.82) is 0 Å². The van der Waals surface area contributed by atoms with Crippen LogP contribution in [0.4, 0.5) is 13.2 Å². The van der Waals surface area contributed by atoms with Crippen LogP contribution in [0.5, 0.6) is 11.5 Å². The first-order chi connectivity index (χ1) is 8.05. The van der Waals surface area contributed by atoms with E-state index in [1.165, 1.54) is 6.07 Å². The topological polar surface area (TPSA) is 18.5 Å². The van der Waals surface area contributed by atoms with E-state index in [1.54, 1.807) is 0 Å². The molecule has 0 atom stereocenters.